The number of nitrogens with zero attached hydrogens (tertiary/aromatic N) is 3. The van der Waals surface area contributed by atoms with Crippen molar-refractivity contribution in [1.29, 1.82) is 0 Å². The normalized spacial score (nSPS) is 11.9. The van der Waals surface area contributed by atoms with Crippen LogP contribution in [0.25, 0.3) is 10.8 Å². The molecule has 0 bridgehead atoms. The van der Waals surface area contributed by atoms with Crippen LogP contribution in [0.3, 0.4) is 0 Å². The number of nitrogens with one attached hydrogen (secondary N) is 3. The number of carboxylic acids is 1. The van der Waals surface area contributed by atoms with Gasteiger partial charge in [0.05, 0.1) is 30.8 Å². The molecule has 1 aromatic heterocycles. The van der Waals surface area contributed by atoms with Gasteiger partial charge in [0.2, 0.25) is 5.95 Å². The van der Waals surface area contributed by atoms with Gasteiger partial charge in [0.25, 0.3) is 0 Å². The largest absolute Gasteiger partial charge is 0.495 e. The fourth-order valence-electron chi connectivity index (χ4n) is 4.61. The van der Waals surface area contributed by atoms with Gasteiger partial charge < -0.3 is 25.2 Å². The fraction of sp³-hybridized carbons (Fsp3) is 0.156. The molecule has 0 saturated heterocycles. The first kappa shape index (κ1) is 31.7. The predicted octanol–water partition coefficient (Wildman–Crippen LogP) is 6.64. The Labute approximate surface area is 260 Å². The lowest BCUT2D eigenvalue weighted by Gasteiger charge is -2.22. The van der Waals surface area contributed by atoms with E-state index in [4.69, 9.17) is 9.47 Å². The Morgan fingerprint density at radius 3 is 2.35 bits per heavy atom. The first-order valence-corrected chi connectivity index (χ1v) is 13.9. The lowest BCUT2D eigenvalue weighted by atomic mass is 9.99. The first-order valence-electron chi connectivity index (χ1n) is 13.9. The Kier molecular flexibility index (Phi) is 9.57. The van der Waals surface area contributed by atoms with Gasteiger partial charge in [0, 0.05) is 6.54 Å². The standard InChI is InChI=1S/C32H27F3N6O5/c1-45-25-13-7-6-12-24(25)37-30(44)40-29-38-28(39-31(41-29)46-21-15-14-19-8-2-3-9-20(19)18-21)27(36-17-16-26(42)43)22-10-4-5-11-23(22)32(33,34)35/h2-15,18,27,36H,16-17H2,1H3,(H,42,43)(H2,37,38,39,40,41,44). The van der Waals surface area contributed by atoms with E-state index in [0.717, 1.165) is 16.8 Å². The minimum absolute atomic E-state index is 0.226. The number of halogens is 3. The molecule has 4 aromatic carbocycles. The van der Waals surface area contributed by atoms with Gasteiger partial charge in [-0.2, -0.15) is 28.1 Å². The summed E-state index contributed by atoms with van der Waals surface area (Å²) in [5.41, 5.74) is -0.923. The van der Waals surface area contributed by atoms with Gasteiger partial charge >= 0.3 is 24.2 Å². The number of rotatable bonds is 11. The van der Waals surface area contributed by atoms with Gasteiger partial charge in [0.1, 0.15) is 11.5 Å². The van der Waals surface area contributed by atoms with Crippen molar-refractivity contribution in [2.24, 2.45) is 0 Å². The average Bonchev–Trinajstić information content (AvgIpc) is 3.02. The number of methoxy groups -OCH3 is 1. The maximum atomic E-state index is 14.1. The molecule has 1 heterocycles. The summed E-state index contributed by atoms with van der Waals surface area (Å²) in [6, 6.07) is 21.6. The highest BCUT2D eigenvalue weighted by Crippen LogP contribution is 2.36. The number of para-hydroxylation sites is 2. The van der Waals surface area contributed by atoms with Crippen molar-refractivity contribution in [3.05, 3.63) is 108 Å². The van der Waals surface area contributed by atoms with Gasteiger partial charge in [-0.1, -0.05) is 60.7 Å². The molecule has 0 aliphatic carbocycles. The van der Waals surface area contributed by atoms with Crippen molar-refractivity contribution in [2.45, 2.75) is 18.6 Å². The number of carbonyl (C=O) groups excluding carboxylic acids is 1. The number of aromatic nitrogens is 3. The maximum absolute atomic E-state index is 14.1. The van der Waals surface area contributed by atoms with E-state index in [9.17, 15) is 27.9 Å². The molecule has 0 aliphatic rings. The van der Waals surface area contributed by atoms with Gasteiger partial charge in [-0.05, 0) is 46.7 Å². The van der Waals surface area contributed by atoms with Crippen LogP contribution in [0.5, 0.6) is 17.5 Å². The number of ether oxygens (including phenoxy) is 2. The maximum Gasteiger partial charge on any atom is 0.416 e. The van der Waals surface area contributed by atoms with E-state index in [0.29, 0.717) is 17.2 Å². The van der Waals surface area contributed by atoms with Crippen LogP contribution in [0, 0.1) is 0 Å². The number of hydrogen-bond donors (Lipinski definition) is 4. The topological polar surface area (TPSA) is 148 Å². The lowest BCUT2D eigenvalue weighted by Crippen LogP contribution is -2.30. The van der Waals surface area contributed by atoms with E-state index in [1.54, 1.807) is 36.4 Å². The van der Waals surface area contributed by atoms with Gasteiger partial charge in [-0.25, -0.2) is 4.79 Å². The molecule has 11 nitrogen and oxygen atoms in total. The van der Waals surface area contributed by atoms with E-state index in [1.165, 1.54) is 25.3 Å². The molecule has 2 amide bonds. The SMILES string of the molecule is COc1ccccc1NC(=O)Nc1nc(Oc2ccc3ccccc3c2)nc(C(NCCC(=O)O)c2ccccc2C(F)(F)F)n1. The highest BCUT2D eigenvalue weighted by Gasteiger charge is 2.36. The third-order valence-corrected chi connectivity index (χ3v) is 6.67. The minimum Gasteiger partial charge on any atom is -0.495 e. The summed E-state index contributed by atoms with van der Waals surface area (Å²) in [4.78, 5) is 37.0. The number of fused-ring (bicyclic) bond motifs is 1. The fourth-order valence-corrected chi connectivity index (χ4v) is 4.61. The molecule has 0 saturated carbocycles. The molecule has 14 heteroatoms. The molecule has 1 atom stereocenters. The van der Waals surface area contributed by atoms with Crippen LogP contribution >= 0.6 is 0 Å². The Hall–Kier alpha value is -5.76. The summed E-state index contributed by atoms with van der Waals surface area (Å²) in [5, 5.41) is 18.9. The molecule has 0 fully saturated rings. The number of anilines is 2. The summed E-state index contributed by atoms with van der Waals surface area (Å²) < 4.78 is 53.5. The molecule has 1 unspecified atom stereocenters. The van der Waals surface area contributed by atoms with Crippen molar-refractivity contribution >= 4 is 34.4 Å². The molecular formula is C32H27F3N6O5. The van der Waals surface area contributed by atoms with Crippen molar-refractivity contribution in [2.75, 3.05) is 24.3 Å². The summed E-state index contributed by atoms with van der Waals surface area (Å²) >= 11 is 0. The summed E-state index contributed by atoms with van der Waals surface area (Å²) in [6.45, 7) is -0.226. The number of alkyl halides is 3. The van der Waals surface area contributed by atoms with E-state index in [1.807, 2.05) is 30.3 Å². The number of benzene rings is 4. The molecule has 46 heavy (non-hydrogen) atoms. The number of amides is 2. The van der Waals surface area contributed by atoms with Crippen LogP contribution in [-0.2, 0) is 11.0 Å². The third kappa shape index (κ3) is 7.84. The van der Waals surface area contributed by atoms with Crippen LogP contribution in [0.1, 0.15) is 29.4 Å². The summed E-state index contributed by atoms with van der Waals surface area (Å²) in [6.07, 6.45) is -5.15. The number of urea groups is 1. The van der Waals surface area contributed by atoms with Gasteiger partial charge in [-0.3, -0.25) is 10.1 Å². The molecular weight excluding hydrogens is 605 g/mol. The van der Waals surface area contributed by atoms with Crippen molar-refractivity contribution in [3.8, 4) is 17.5 Å². The molecule has 4 N–H and O–H groups in total. The Balaban J connectivity index is 1.56. The summed E-state index contributed by atoms with van der Waals surface area (Å²) in [5.74, 6) is -1.09. The molecule has 0 aliphatic heterocycles. The van der Waals surface area contributed by atoms with Crippen LogP contribution < -0.4 is 25.4 Å². The van der Waals surface area contributed by atoms with Crippen LogP contribution in [-0.4, -0.2) is 45.7 Å². The van der Waals surface area contributed by atoms with Gasteiger partial charge in [0.15, 0.2) is 5.82 Å². The summed E-state index contributed by atoms with van der Waals surface area (Å²) in [7, 11) is 1.43. The van der Waals surface area contributed by atoms with Crippen LogP contribution in [0.2, 0.25) is 0 Å². The average molecular weight is 633 g/mol. The van der Waals surface area contributed by atoms with Crippen LogP contribution in [0.4, 0.5) is 29.6 Å². The highest BCUT2D eigenvalue weighted by molar-refractivity contribution is 5.99. The monoisotopic (exact) mass is 632 g/mol. The number of carboxylic acid groups (broad SMARTS) is 1. The van der Waals surface area contributed by atoms with Gasteiger partial charge in [-0.15, -0.1) is 0 Å². The van der Waals surface area contributed by atoms with E-state index in [-0.39, 0.29) is 29.9 Å². The Morgan fingerprint density at radius 2 is 1.59 bits per heavy atom. The second kappa shape index (κ2) is 13.9. The van der Waals surface area contributed by atoms with E-state index < -0.39 is 36.2 Å². The molecule has 5 rings (SSSR count). The number of carbonyl (C=O) groups is 2. The van der Waals surface area contributed by atoms with Crippen molar-refractivity contribution in [3.63, 3.8) is 0 Å². The minimum atomic E-state index is -4.75. The molecule has 0 radical (unpaired) electrons. The van der Waals surface area contributed by atoms with Crippen LogP contribution in [0.15, 0.2) is 91.0 Å². The van der Waals surface area contributed by atoms with Crippen molar-refractivity contribution < 1.29 is 37.3 Å². The molecule has 5 aromatic rings. The quantitative estimate of drug-likeness (QED) is 0.126. The van der Waals surface area contributed by atoms with E-state index >= 15 is 0 Å². The second-order valence-corrected chi connectivity index (χ2v) is 9.81. The zero-order chi connectivity index (χ0) is 32.7. The number of hydrogen-bond acceptors (Lipinski definition) is 8. The third-order valence-electron chi connectivity index (χ3n) is 6.67. The lowest BCUT2D eigenvalue weighted by molar-refractivity contribution is -0.139. The predicted molar refractivity (Wildman–Crippen MR) is 163 cm³/mol. The smallest absolute Gasteiger partial charge is 0.416 e. The first-order chi connectivity index (χ1) is 22.1. The molecule has 0 spiro atoms. The zero-order valence-corrected chi connectivity index (χ0v) is 24.2. The highest BCUT2D eigenvalue weighted by atomic mass is 19.4. The Morgan fingerprint density at radius 1 is 0.870 bits per heavy atom. The number of aliphatic carboxylic acids is 1. The van der Waals surface area contributed by atoms with Crippen molar-refractivity contribution in [1.82, 2.24) is 20.3 Å². The second-order valence-electron chi connectivity index (χ2n) is 9.81. The molecule has 236 valence electrons. The zero-order valence-electron chi connectivity index (χ0n) is 24.2. The Bertz CT molecular complexity index is 1870. The van der Waals surface area contributed by atoms with E-state index in [2.05, 4.69) is 30.9 Å².